The van der Waals surface area contributed by atoms with Gasteiger partial charge in [-0.15, -0.1) is 0 Å². The fourth-order valence-electron chi connectivity index (χ4n) is 2.57. The minimum absolute atomic E-state index is 0.135. The average Bonchev–Trinajstić information content (AvgIpc) is 2.41. The fraction of sp³-hybridized carbons (Fsp3) is 0.700. The van der Waals surface area contributed by atoms with E-state index in [0.717, 1.165) is 24.5 Å². The predicted octanol–water partition coefficient (Wildman–Crippen LogP) is -0.465. The summed E-state index contributed by atoms with van der Waals surface area (Å²) in [6, 6.07) is 1.13. The van der Waals surface area contributed by atoms with E-state index in [9.17, 15) is 4.79 Å². The zero-order valence-corrected chi connectivity index (χ0v) is 8.17. The number of carbonyl (C=O) groups is 1. The van der Waals surface area contributed by atoms with Gasteiger partial charge in [-0.2, -0.15) is 0 Å². The maximum absolute atomic E-state index is 11.4. The minimum atomic E-state index is -0.135. The quantitative estimate of drug-likeness (QED) is 0.556. The lowest BCUT2D eigenvalue weighted by atomic mass is 10.0. The summed E-state index contributed by atoms with van der Waals surface area (Å²) in [7, 11) is 3.64. The van der Waals surface area contributed by atoms with E-state index in [0.29, 0.717) is 6.04 Å². The number of carbonyl (C=O) groups excluding carboxylic acids is 1. The maximum Gasteiger partial charge on any atom is 0.339 e. The molecule has 13 heavy (non-hydrogen) atoms. The number of hydrogen-bond acceptors (Lipinski definition) is 2. The van der Waals surface area contributed by atoms with Crippen LogP contribution in [-0.4, -0.2) is 32.2 Å². The van der Waals surface area contributed by atoms with Crippen molar-refractivity contribution in [1.29, 1.82) is 0 Å². The molecule has 2 heterocycles. The Hall–Kier alpha value is -0.830. The van der Waals surface area contributed by atoms with Crippen molar-refractivity contribution in [2.75, 3.05) is 14.2 Å². The lowest BCUT2D eigenvalue weighted by Gasteiger charge is -2.27. The normalized spacial score (nSPS) is 37.1. The first-order valence-corrected chi connectivity index (χ1v) is 4.85. The van der Waals surface area contributed by atoms with E-state index in [2.05, 4.69) is 13.1 Å². The Balaban J connectivity index is 2.21. The Morgan fingerprint density at radius 3 is 3.08 bits per heavy atom. The van der Waals surface area contributed by atoms with Gasteiger partial charge in [-0.25, -0.2) is 4.79 Å². The smallest absolute Gasteiger partial charge is 0.339 e. The molecule has 0 radical (unpaired) electrons. The Morgan fingerprint density at radius 1 is 1.62 bits per heavy atom. The van der Waals surface area contributed by atoms with Crippen LogP contribution in [0.5, 0.6) is 0 Å². The van der Waals surface area contributed by atoms with Crippen LogP contribution in [0.2, 0.25) is 0 Å². The highest BCUT2D eigenvalue weighted by molar-refractivity contribution is 5.89. The van der Waals surface area contributed by atoms with Crippen LogP contribution >= 0.6 is 0 Å². The second kappa shape index (κ2) is 3.14. The monoisotopic (exact) mass is 182 g/mol. The van der Waals surface area contributed by atoms with Gasteiger partial charge in [-0.3, -0.25) is 0 Å². The summed E-state index contributed by atoms with van der Waals surface area (Å²) in [6.07, 6.45) is 5.48. The van der Waals surface area contributed by atoms with Crippen LogP contribution in [0.15, 0.2) is 11.6 Å². The maximum atomic E-state index is 11.4. The van der Waals surface area contributed by atoms with Crippen LogP contribution in [0.3, 0.4) is 0 Å². The van der Waals surface area contributed by atoms with Gasteiger partial charge in [0.2, 0.25) is 0 Å². The summed E-state index contributed by atoms with van der Waals surface area (Å²) in [4.78, 5) is 12.9. The van der Waals surface area contributed by atoms with Crippen molar-refractivity contribution in [3.63, 3.8) is 0 Å². The molecule has 2 aliphatic rings. The molecular weight excluding hydrogens is 166 g/mol. The largest absolute Gasteiger partial charge is 0.465 e. The molecule has 0 aromatic heterocycles. The molecule has 2 rings (SSSR count). The van der Waals surface area contributed by atoms with Crippen molar-refractivity contribution in [3.8, 4) is 0 Å². The van der Waals surface area contributed by atoms with Crippen molar-refractivity contribution in [2.45, 2.75) is 31.3 Å². The van der Waals surface area contributed by atoms with E-state index < -0.39 is 0 Å². The van der Waals surface area contributed by atoms with Crippen molar-refractivity contribution in [1.82, 2.24) is 0 Å². The zero-order chi connectivity index (χ0) is 9.42. The third kappa shape index (κ3) is 1.27. The minimum Gasteiger partial charge on any atom is -0.465 e. The molecular formula is C10H16NO2+. The van der Waals surface area contributed by atoms with Crippen LogP contribution in [0.4, 0.5) is 0 Å². The molecule has 0 spiro atoms. The number of hydrogen-bond donors (Lipinski definition) is 1. The molecule has 2 bridgehead atoms. The molecule has 2 aliphatic heterocycles. The molecule has 0 amide bonds. The molecule has 1 saturated heterocycles. The van der Waals surface area contributed by atoms with Gasteiger partial charge in [-0.05, 0) is 0 Å². The van der Waals surface area contributed by atoms with E-state index in [-0.39, 0.29) is 5.97 Å². The number of fused-ring (bicyclic) bond motifs is 2. The Morgan fingerprint density at radius 2 is 2.38 bits per heavy atom. The number of quaternary nitrogens is 1. The molecule has 0 saturated carbocycles. The van der Waals surface area contributed by atoms with Gasteiger partial charge in [-0.1, -0.05) is 6.08 Å². The zero-order valence-electron chi connectivity index (χ0n) is 8.17. The summed E-state index contributed by atoms with van der Waals surface area (Å²) in [5.74, 6) is -0.135. The summed E-state index contributed by atoms with van der Waals surface area (Å²) in [5.41, 5.74) is 0.897. The van der Waals surface area contributed by atoms with Crippen LogP contribution in [-0.2, 0) is 9.53 Å². The summed E-state index contributed by atoms with van der Waals surface area (Å²) >= 11 is 0. The lowest BCUT2D eigenvalue weighted by Crippen LogP contribution is -3.15. The number of nitrogens with one attached hydrogen (secondary N) is 1. The van der Waals surface area contributed by atoms with E-state index in [4.69, 9.17) is 4.74 Å². The second-order valence-corrected chi connectivity index (χ2v) is 3.96. The first kappa shape index (κ1) is 8.75. The Labute approximate surface area is 78.4 Å². The number of likely N-dealkylation sites (N-methyl/N-ethyl adjacent to an activating group) is 1. The van der Waals surface area contributed by atoms with Gasteiger partial charge in [0.15, 0.2) is 0 Å². The molecule has 0 aliphatic carbocycles. The Kier molecular flexibility index (Phi) is 2.12. The first-order chi connectivity index (χ1) is 6.24. The van der Waals surface area contributed by atoms with Gasteiger partial charge in [0.25, 0.3) is 0 Å². The van der Waals surface area contributed by atoms with Gasteiger partial charge in [0, 0.05) is 19.3 Å². The standard InChI is InChI=1S/C10H15NO2/c1-11-7-3-5-8(10(12)13-2)9(11)6-4-7/h5,7,9H,3-4,6H2,1-2H3/p+1. The molecule has 0 aromatic rings. The molecule has 3 atom stereocenters. The summed E-state index contributed by atoms with van der Waals surface area (Å²) in [5, 5.41) is 0. The molecule has 3 nitrogen and oxygen atoms in total. The first-order valence-electron chi connectivity index (χ1n) is 4.85. The number of methoxy groups -OCH3 is 1. The van der Waals surface area contributed by atoms with Crippen LogP contribution < -0.4 is 4.90 Å². The number of rotatable bonds is 1. The van der Waals surface area contributed by atoms with Crippen LogP contribution in [0, 0.1) is 0 Å². The average molecular weight is 182 g/mol. The van der Waals surface area contributed by atoms with Crippen molar-refractivity contribution in [2.24, 2.45) is 0 Å². The third-order valence-corrected chi connectivity index (χ3v) is 3.42. The highest BCUT2D eigenvalue weighted by Crippen LogP contribution is 2.22. The van der Waals surface area contributed by atoms with Crippen molar-refractivity contribution < 1.29 is 14.4 Å². The molecule has 3 unspecified atom stereocenters. The van der Waals surface area contributed by atoms with E-state index in [1.807, 2.05) is 0 Å². The number of ether oxygens (including phenoxy) is 1. The van der Waals surface area contributed by atoms with Gasteiger partial charge in [0.05, 0.1) is 25.8 Å². The molecule has 72 valence electrons. The van der Waals surface area contributed by atoms with Gasteiger partial charge >= 0.3 is 5.97 Å². The highest BCUT2D eigenvalue weighted by Gasteiger charge is 2.42. The van der Waals surface area contributed by atoms with Gasteiger partial charge in [0.1, 0.15) is 6.04 Å². The number of esters is 1. The summed E-state index contributed by atoms with van der Waals surface area (Å²) in [6.45, 7) is 0. The topological polar surface area (TPSA) is 30.7 Å². The molecule has 0 aromatic carbocycles. The predicted molar refractivity (Wildman–Crippen MR) is 48.4 cm³/mol. The molecule has 3 heteroatoms. The van der Waals surface area contributed by atoms with Gasteiger partial charge < -0.3 is 9.64 Å². The third-order valence-electron chi connectivity index (χ3n) is 3.42. The Bertz CT molecular complexity index is 260. The molecule has 1 fully saturated rings. The highest BCUT2D eigenvalue weighted by atomic mass is 16.5. The van der Waals surface area contributed by atoms with E-state index in [1.165, 1.54) is 18.4 Å². The van der Waals surface area contributed by atoms with E-state index in [1.54, 1.807) is 0 Å². The van der Waals surface area contributed by atoms with Crippen LogP contribution in [0.1, 0.15) is 19.3 Å². The van der Waals surface area contributed by atoms with E-state index >= 15 is 0 Å². The van der Waals surface area contributed by atoms with Crippen molar-refractivity contribution in [3.05, 3.63) is 11.6 Å². The molecule has 1 N–H and O–H groups in total. The van der Waals surface area contributed by atoms with Crippen LogP contribution in [0.25, 0.3) is 0 Å². The second-order valence-electron chi connectivity index (χ2n) is 3.96. The lowest BCUT2D eigenvalue weighted by molar-refractivity contribution is -0.912. The summed E-state index contributed by atoms with van der Waals surface area (Å²) < 4.78 is 4.77. The van der Waals surface area contributed by atoms with Crippen molar-refractivity contribution >= 4 is 5.97 Å². The fourth-order valence-corrected chi connectivity index (χ4v) is 2.57. The SMILES string of the molecule is COC(=O)C1=CCC2CCC1[NH+]2C.